The molecule has 0 aromatic rings. The third kappa shape index (κ3) is 3.21. The highest BCUT2D eigenvalue weighted by molar-refractivity contribution is 7.51. The summed E-state index contributed by atoms with van der Waals surface area (Å²) in [5.74, 6) is 0.646. The van der Waals surface area contributed by atoms with E-state index in [2.05, 4.69) is 19.1 Å². The average Bonchev–Trinajstić information content (AvgIpc) is 2.99. The van der Waals surface area contributed by atoms with Crippen LogP contribution in [0.4, 0.5) is 0 Å². The van der Waals surface area contributed by atoms with Crippen molar-refractivity contribution in [2.45, 2.75) is 25.7 Å². The van der Waals surface area contributed by atoms with Gasteiger partial charge in [-0.3, -0.25) is 4.52 Å². The molecule has 1 atom stereocenters. The van der Waals surface area contributed by atoms with E-state index in [9.17, 15) is 9.46 Å². The molecule has 0 bridgehead atoms. The quantitative estimate of drug-likeness (QED) is 0.461. The van der Waals surface area contributed by atoms with E-state index in [1.54, 1.807) is 0 Å². The molecule has 0 spiro atoms. The van der Waals surface area contributed by atoms with Gasteiger partial charge >= 0.3 is 7.75 Å². The molecule has 2 fully saturated rings. The molecular weight excluding hydrogens is 241 g/mol. The highest BCUT2D eigenvalue weighted by atomic mass is 31.2. The highest BCUT2D eigenvalue weighted by Crippen LogP contribution is 2.43. The molecule has 17 heavy (non-hydrogen) atoms. The molecule has 2 saturated heterocycles. The van der Waals surface area contributed by atoms with E-state index in [0.717, 1.165) is 51.9 Å². The summed E-state index contributed by atoms with van der Waals surface area (Å²) in [7, 11) is -2.61. The van der Waals surface area contributed by atoms with Gasteiger partial charge in [-0.25, -0.2) is 4.57 Å². The first kappa shape index (κ1) is 12.9. The average molecular weight is 261 g/mol. The van der Waals surface area contributed by atoms with Gasteiger partial charge in [0.1, 0.15) is 0 Å². The molecule has 2 heterocycles. The van der Waals surface area contributed by atoms with Crippen LogP contribution in [0.1, 0.15) is 25.7 Å². The summed E-state index contributed by atoms with van der Waals surface area (Å²) in [6.45, 7) is 3.66. The molecule has 0 saturated carbocycles. The van der Waals surface area contributed by atoms with Crippen LogP contribution in [0.3, 0.4) is 0 Å². The van der Waals surface area contributed by atoms with E-state index in [1.807, 2.05) is 0 Å². The Morgan fingerprint density at radius 1 is 1.12 bits per heavy atom. The van der Waals surface area contributed by atoms with Gasteiger partial charge in [0, 0.05) is 33.3 Å². The molecule has 0 amide bonds. The zero-order valence-electron chi connectivity index (χ0n) is 10.2. The molecule has 0 radical (unpaired) electrons. The fourth-order valence-electron chi connectivity index (χ4n) is 2.31. The van der Waals surface area contributed by atoms with E-state index in [1.165, 1.54) is 7.11 Å². The number of nitrogens with zero attached hydrogens (tertiary/aromatic N) is 3. The lowest BCUT2D eigenvalue weighted by atomic mass is 10.4. The SMILES string of the molecule is COP(=O)(O)N=C(N1CCCC1)N1CCCC1. The molecule has 1 N–H and O–H groups in total. The van der Waals surface area contributed by atoms with E-state index in [0.29, 0.717) is 5.96 Å². The smallest absolute Gasteiger partial charge is 0.342 e. The van der Waals surface area contributed by atoms with Crippen LogP contribution in [-0.4, -0.2) is 53.9 Å². The lowest BCUT2D eigenvalue weighted by Crippen LogP contribution is -2.41. The zero-order valence-corrected chi connectivity index (χ0v) is 11.1. The van der Waals surface area contributed by atoms with Crippen molar-refractivity contribution in [3.8, 4) is 0 Å². The van der Waals surface area contributed by atoms with Crippen molar-refractivity contribution in [2.75, 3.05) is 33.3 Å². The molecule has 2 aliphatic rings. The van der Waals surface area contributed by atoms with Gasteiger partial charge in [-0.1, -0.05) is 0 Å². The predicted molar refractivity (Wildman–Crippen MR) is 65.9 cm³/mol. The van der Waals surface area contributed by atoms with Crippen LogP contribution in [0, 0.1) is 0 Å². The maximum atomic E-state index is 11.6. The minimum Gasteiger partial charge on any atom is -0.342 e. The molecule has 1 unspecified atom stereocenters. The summed E-state index contributed by atoms with van der Waals surface area (Å²) in [6.07, 6.45) is 4.48. The van der Waals surface area contributed by atoms with Crippen molar-refractivity contribution >= 4 is 13.7 Å². The van der Waals surface area contributed by atoms with E-state index in [-0.39, 0.29) is 0 Å². The summed E-state index contributed by atoms with van der Waals surface area (Å²) in [5.41, 5.74) is 0. The summed E-state index contributed by atoms with van der Waals surface area (Å²) in [6, 6.07) is 0. The minimum absolute atomic E-state index is 0.646. The van der Waals surface area contributed by atoms with E-state index >= 15 is 0 Å². The monoisotopic (exact) mass is 261 g/mol. The van der Waals surface area contributed by atoms with Gasteiger partial charge in [-0.2, -0.15) is 0 Å². The molecule has 7 heteroatoms. The molecule has 2 aliphatic heterocycles. The van der Waals surface area contributed by atoms with Crippen LogP contribution in [0.25, 0.3) is 0 Å². The Morgan fingerprint density at radius 3 is 1.88 bits per heavy atom. The van der Waals surface area contributed by atoms with Gasteiger partial charge in [-0.15, -0.1) is 4.76 Å². The van der Waals surface area contributed by atoms with Crippen LogP contribution in [-0.2, 0) is 9.09 Å². The van der Waals surface area contributed by atoms with Crippen molar-refractivity contribution in [3.63, 3.8) is 0 Å². The summed E-state index contributed by atoms with van der Waals surface area (Å²) in [4.78, 5) is 13.7. The van der Waals surface area contributed by atoms with Gasteiger partial charge in [0.05, 0.1) is 0 Å². The standard InChI is InChI=1S/C10H20N3O3P/c1-16-17(14,15)11-10(12-6-2-3-7-12)13-8-4-5-9-13/h2-9H2,1H3,(H,14,15). The molecule has 0 aliphatic carbocycles. The van der Waals surface area contributed by atoms with Crippen LogP contribution < -0.4 is 0 Å². The third-order valence-corrected chi connectivity index (χ3v) is 4.14. The summed E-state index contributed by atoms with van der Waals surface area (Å²) in [5, 5.41) is 0. The Bertz CT molecular complexity index is 318. The van der Waals surface area contributed by atoms with Crippen molar-refractivity contribution in [3.05, 3.63) is 0 Å². The van der Waals surface area contributed by atoms with Crippen LogP contribution in [0.5, 0.6) is 0 Å². The van der Waals surface area contributed by atoms with Crippen molar-refractivity contribution in [1.29, 1.82) is 0 Å². The lowest BCUT2D eigenvalue weighted by molar-refractivity contribution is 0.313. The Labute approximate surface area is 102 Å². The second kappa shape index (κ2) is 5.38. The molecule has 2 rings (SSSR count). The Balaban J connectivity index is 2.19. The van der Waals surface area contributed by atoms with E-state index < -0.39 is 7.75 Å². The van der Waals surface area contributed by atoms with E-state index in [4.69, 9.17) is 0 Å². The number of guanidine groups is 1. The van der Waals surface area contributed by atoms with Gasteiger partial charge in [0.2, 0.25) is 5.96 Å². The van der Waals surface area contributed by atoms with Crippen molar-refractivity contribution in [1.82, 2.24) is 9.80 Å². The van der Waals surface area contributed by atoms with Crippen LogP contribution in [0.15, 0.2) is 4.76 Å². The van der Waals surface area contributed by atoms with Gasteiger partial charge in [0.25, 0.3) is 0 Å². The first-order valence-corrected chi connectivity index (χ1v) is 7.64. The molecule has 0 aromatic carbocycles. The summed E-state index contributed by atoms with van der Waals surface area (Å²) >= 11 is 0. The number of rotatable bonds is 2. The molecule has 6 nitrogen and oxygen atoms in total. The molecule has 98 valence electrons. The fourth-order valence-corrected chi connectivity index (χ4v) is 2.88. The Hall–Kier alpha value is -0.580. The van der Waals surface area contributed by atoms with Crippen molar-refractivity contribution in [2.24, 2.45) is 4.76 Å². The minimum atomic E-state index is -3.83. The van der Waals surface area contributed by atoms with Gasteiger partial charge in [-0.05, 0) is 25.7 Å². The predicted octanol–water partition coefficient (Wildman–Crippen LogP) is 1.28. The largest absolute Gasteiger partial charge is 0.454 e. The normalized spacial score (nSPS) is 23.9. The fraction of sp³-hybridized carbons (Fsp3) is 0.900. The summed E-state index contributed by atoms with van der Waals surface area (Å²) < 4.78 is 20.1. The second-order valence-electron chi connectivity index (χ2n) is 4.46. The number of hydrogen-bond donors (Lipinski definition) is 1. The maximum Gasteiger partial charge on any atom is 0.454 e. The second-order valence-corrected chi connectivity index (χ2v) is 6.01. The van der Waals surface area contributed by atoms with Crippen molar-refractivity contribution < 1.29 is 14.0 Å². The molecule has 0 aromatic heterocycles. The Kier molecular flexibility index (Phi) is 4.07. The zero-order chi connectivity index (χ0) is 12.3. The van der Waals surface area contributed by atoms with Gasteiger partial charge < -0.3 is 14.7 Å². The topological polar surface area (TPSA) is 65.4 Å². The maximum absolute atomic E-state index is 11.6. The number of hydrogen-bond acceptors (Lipinski definition) is 2. The van der Waals surface area contributed by atoms with Crippen LogP contribution >= 0.6 is 7.75 Å². The van der Waals surface area contributed by atoms with Crippen LogP contribution in [0.2, 0.25) is 0 Å². The van der Waals surface area contributed by atoms with Gasteiger partial charge in [0.15, 0.2) is 0 Å². The third-order valence-electron chi connectivity index (χ3n) is 3.23. The number of likely N-dealkylation sites (tertiary alicyclic amines) is 2. The first-order chi connectivity index (χ1) is 8.12. The molecular formula is C10H20N3O3P. The Morgan fingerprint density at radius 2 is 1.53 bits per heavy atom. The first-order valence-electron chi connectivity index (χ1n) is 6.11. The highest BCUT2D eigenvalue weighted by Gasteiger charge is 2.28. The lowest BCUT2D eigenvalue weighted by Gasteiger charge is -2.28.